The molecule has 5 rings (SSSR count). The summed E-state index contributed by atoms with van der Waals surface area (Å²) in [6.45, 7) is 13.9. The Bertz CT molecular complexity index is 1350. The highest BCUT2D eigenvalue weighted by Crippen LogP contribution is 2.52. The molecule has 1 fully saturated rings. The Hall–Kier alpha value is -3.54. The van der Waals surface area contributed by atoms with E-state index in [0.717, 1.165) is 43.5 Å². The number of nitrogens with two attached hydrogens (primary N) is 1. The topological polar surface area (TPSA) is 136 Å². The summed E-state index contributed by atoms with van der Waals surface area (Å²) in [5.41, 5.74) is 7.55. The maximum absolute atomic E-state index is 12.5. The van der Waals surface area contributed by atoms with Crippen molar-refractivity contribution in [3.8, 4) is 11.5 Å². The van der Waals surface area contributed by atoms with Gasteiger partial charge in [0.2, 0.25) is 17.7 Å². The summed E-state index contributed by atoms with van der Waals surface area (Å²) in [4.78, 5) is 35.8. The number of carbonyl (C=O) groups is 1. The van der Waals surface area contributed by atoms with Gasteiger partial charge in [-0.25, -0.2) is 14.8 Å². The molecular weight excluding hydrogens is 504 g/mol. The highest BCUT2D eigenvalue weighted by molar-refractivity contribution is 7.16. The van der Waals surface area contributed by atoms with E-state index in [4.69, 9.17) is 25.0 Å². The van der Waals surface area contributed by atoms with E-state index in [1.165, 1.54) is 4.88 Å². The third-order valence-electron chi connectivity index (χ3n) is 6.97. The number of nitrogen functional groups attached to an aromatic ring is 1. The molecule has 2 aliphatic rings. The van der Waals surface area contributed by atoms with Crippen LogP contribution in [0.1, 0.15) is 63.3 Å². The van der Waals surface area contributed by atoms with Gasteiger partial charge in [0.15, 0.2) is 0 Å². The average Bonchev–Trinajstić information content (AvgIpc) is 3.41. The number of anilines is 2. The lowest BCUT2D eigenvalue weighted by Gasteiger charge is -2.30. The molecule has 1 saturated heterocycles. The SMILES string of the molecule is C=Nc1c(N)sc2c1[C@@](C)(c1nc(-c3ccnc(N4CCCN(C(=O)OC(C)(C)C)CC4)n3)no1)CCC2. The van der Waals surface area contributed by atoms with Gasteiger partial charge in [-0.3, -0.25) is 4.99 Å². The normalized spacial score (nSPS) is 20.1. The number of aliphatic imine (C=N–C) groups is 1. The van der Waals surface area contributed by atoms with Crippen LogP contribution in [-0.2, 0) is 16.6 Å². The van der Waals surface area contributed by atoms with Gasteiger partial charge in [0.25, 0.3) is 0 Å². The summed E-state index contributed by atoms with van der Waals surface area (Å²) in [5, 5.41) is 4.95. The number of ether oxygens (including phenoxy) is 1. The van der Waals surface area contributed by atoms with Crippen LogP contribution in [0.3, 0.4) is 0 Å². The summed E-state index contributed by atoms with van der Waals surface area (Å²) in [6, 6.07) is 1.77. The van der Waals surface area contributed by atoms with Crippen molar-refractivity contribution in [2.24, 2.45) is 4.99 Å². The van der Waals surface area contributed by atoms with Crippen LogP contribution in [0, 0.1) is 0 Å². The molecule has 2 N–H and O–H groups in total. The molecule has 0 unspecified atom stereocenters. The third-order valence-corrected chi connectivity index (χ3v) is 8.04. The summed E-state index contributed by atoms with van der Waals surface area (Å²) >= 11 is 1.56. The number of rotatable bonds is 4. The van der Waals surface area contributed by atoms with Crippen molar-refractivity contribution in [2.75, 3.05) is 36.8 Å². The van der Waals surface area contributed by atoms with Crippen LogP contribution in [0.25, 0.3) is 11.5 Å². The minimum absolute atomic E-state index is 0.296. The average molecular weight is 539 g/mol. The number of nitrogens with zero attached hydrogens (tertiary/aromatic N) is 7. The Balaban J connectivity index is 1.36. The second kappa shape index (κ2) is 9.97. The number of hydrogen-bond donors (Lipinski definition) is 1. The quantitative estimate of drug-likeness (QED) is 0.473. The van der Waals surface area contributed by atoms with Gasteiger partial charge in [-0.05, 0) is 66.2 Å². The first-order chi connectivity index (χ1) is 18.1. The smallest absolute Gasteiger partial charge is 0.410 e. The maximum Gasteiger partial charge on any atom is 0.410 e. The van der Waals surface area contributed by atoms with Crippen LogP contribution in [0.2, 0.25) is 0 Å². The summed E-state index contributed by atoms with van der Waals surface area (Å²) in [7, 11) is 0. The van der Waals surface area contributed by atoms with Gasteiger partial charge in [0.05, 0.1) is 5.41 Å². The van der Waals surface area contributed by atoms with Gasteiger partial charge < -0.3 is 24.8 Å². The largest absolute Gasteiger partial charge is 0.444 e. The van der Waals surface area contributed by atoms with Gasteiger partial charge in [-0.2, -0.15) is 4.98 Å². The Kier molecular flexibility index (Phi) is 6.84. The lowest BCUT2D eigenvalue weighted by atomic mass is 9.73. The van der Waals surface area contributed by atoms with Crippen LogP contribution in [-0.4, -0.2) is 69.6 Å². The van der Waals surface area contributed by atoms with E-state index in [9.17, 15) is 4.79 Å². The molecule has 0 radical (unpaired) electrons. The first-order valence-corrected chi connectivity index (χ1v) is 13.7. The number of aromatic nitrogens is 4. The first kappa shape index (κ1) is 26.1. The predicted molar refractivity (Wildman–Crippen MR) is 147 cm³/mol. The van der Waals surface area contributed by atoms with Crippen molar-refractivity contribution in [1.82, 2.24) is 25.0 Å². The Morgan fingerprint density at radius 2 is 2.05 bits per heavy atom. The van der Waals surface area contributed by atoms with Crippen molar-refractivity contribution in [3.63, 3.8) is 0 Å². The van der Waals surface area contributed by atoms with Gasteiger partial charge >= 0.3 is 6.09 Å². The monoisotopic (exact) mass is 538 g/mol. The Morgan fingerprint density at radius 1 is 1.24 bits per heavy atom. The first-order valence-electron chi connectivity index (χ1n) is 12.9. The molecule has 1 atom stereocenters. The van der Waals surface area contributed by atoms with E-state index in [2.05, 4.69) is 33.7 Å². The fourth-order valence-electron chi connectivity index (χ4n) is 5.13. The Labute approximate surface area is 226 Å². The number of thiophene rings is 1. The number of carbonyl (C=O) groups excluding carboxylic acids is 1. The fourth-order valence-corrected chi connectivity index (χ4v) is 6.33. The van der Waals surface area contributed by atoms with Crippen LogP contribution < -0.4 is 10.6 Å². The number of aryl methyl sites for hydroxylation is 1. The highest BCUT2D eigenvalue weighted by atomic mass is 32.1. The Morgan fingerprint density at radius 3 is 2.82 bits per heavy atom. The molecular formula is C26H34N8O3S. The second-order valence-corrected chi connectivity index (χ2v) is 12.1. The van der Waals surface area contributed by atoms with Gasteiger partial charge in [0, 0.05) is 42.8 Å². The molecule has 1 aliphatic heterocycles. The molecule has 1 amide bonds. The predicted octanol–water partition coefficient (Wildman–Crippen LogP) is 4.59. The van der Waals surface area contributed by atoms with E-state index in [1.807, 2.05) is 20.8 Å². The summed E-state index contributed by atoms with van der Waals surface area (Å²) < 4.78 is 11.4. The highest BCUT2D eigenvalue weighted by Gasteiger charge is 2.43. The lowest BCUT2D eigenvalue weighted by molar-refractivity contribution is 0.0263. The van der Waals surface area contributed by atoms with Crippen LogP contribution in [0.15, 0.2) is 21.8 Å². The third kappa shape index (κ3) is 4.96. The van der Waals surface area contributed by atoms with Gasteiger partial charge in [-0.1, -0.05) is 5.16 Å². The molecule has 4 heterocycles. The second-order valence-electron chi connectivity index (χ2n) is 10.9. The van der Waals surface area contributed by atoms with Crippen LogP contribution in [0.4, 0.5) is 21.4 Å². The summed E-state index contributed by atoms with van der Waals surface area (Å²) in [6.07, 6.45) is 4.97. The van der Waals surface area contributed by atoms with E-state index in [-0.39, 0.29) is 6.09 Å². The zero-order valence-corrected chi connectivity index (χ0v) is 23.2. The van der Waals surface area contributed by atoms with E-state index in [1.54, 1.807) is 28.5 Å². The zero-order chi connectivity index (χ0) is 27.1. The van der Waals surface area contributed by atoms with Crippen LogP contribution in [0.5, 0.6) is 0 Å². The van der Waals surface area contributed by atoms with Crippen molar-refractivity contribution < 1.29 is 14.1 Å². The standard InChI is InChI=1S/C26H34N8O3S/c1-25(2,3)36-24(35)34-13-7-12-33(14-15-34)23-29-11-9-16(30-23)21-31-22(37-32-21)26(4)10-6-8-17-18(26)19(28-5)20(27)38-17/h9,11H,5-8,10,12-15,27H2,1-4H3/t26-/m0/s1. The van der Waals surface area contributed by atoms with E-state index in [0.29, 0.717) is 48.0 Å². The minimum Gasteiger partial charge on any atom is -0.444 e. The van der Waals surface area contributed by atoms with Crippen molar-refractivity contribution in [3.05, 3.63) is 28.6 Å². The molecule has 0 bridgehead atoms. The molecule has 0 aromatic carbocycles. The molecule has 1 aliphatic carbocycles. The molecule has 0 spiro atoms. The molecule has 3 aromatic rings. The van der Waals surface area contributed by atoms with Crippen molar-refractivity contribution >= 4 is 40.8 Å². The summed E-state index contributed by atoms with van der Waals surface area (Å²) in [5.74, 6) is 1.48. The fraction of sp³-hybridized carbons (Fsp3) is 0.538. The van der Waals surface area contributed by atoms with Crippen molar-refractivity contribution in [2.45, 2.75) is 64.4 Å². The van der Waals surface area contributed by atoms with Crippen LogP contribution >= 0.6 is 11.3 Å². The lowest BCUT2D eigenvalue weighted by Crippen LogP contribution is -2.39. The van der Waals surface area contributed by atoms with E-state index >= 15 is 0 Å². The molecule has 12 heteroatoms. The molecule has 38 heavy (non-hydrogen) atoms. The van der Waals surface area contributed by atoms with E-state index < -0.39 is 11.0 Å². The zero-order valence-electron chi connectivity index (χ0n) is 22.4. The molecule has 0 saturated carbocycles. The van der Waals surface area contributed by atoms with Gasteiger partial charge in [-0.15, -0.1) is 11.3 Å². The maximum atomic E-state index is 12.5. The number of amides is 1. The molecule has 3 aromatic heterocycles. The number of hydrogen-bond acceptors (Lipinski definition) is 11. The van der Waals surface area contributed by atoms with Crippen molar-refractivity contribution in [1.29, 1.82) is 0 Å². The van der Waals surface area contributed by atoms with Gasteiger partial charge in [0.1, 0.15) is 22.0 Å². The molecule has 202 valence electrons. The number of fused-ring (bicyclic) bond motifs is 1. The minimum atomic E-state index is -0.528. The molecule has 11 nitrogen and oxygen atoms in total.